The molecule has 3 heteroatoms. The molecule has 1 fully saturated rings. The predicted molar refractivity (Wildman–Crippen MR) is 49.0 cm³/mol. The molecule has 1 aliphatic rings. The number of carbonyl (C=O) groups is 1. The minimum Gasteiger partial charge on any atom is -0.337 e. The Hall–Kier alpha value is -1.38. The van der Waals surface area contributed by atoms with Crippen molar-refractivity contribution in [3.05, 3.63) is 30.1 Å². The lowest BCUT2D eigenvalue weighted by molar-refractivity contribution is -0.127. The van der Waals surface area contributed by atoms with Gasteiger partial charge in [0.2, 0.25) is 5.91 Å². The first-order valence-electron chi connectivity index (χ1n) is 5.73. The summed E-state index contributed by atoms with van der Waals surface area (Å²) in [4.78, 5) is 16.6. The monoisotopic (exact) mass is 179 g/mol. The third-order valence-electron chi connectivity index (χ3n) is 2.24. The first-order valence-corrected chi connectivity index (χ1v) is 4.23. The van der Waals surface area contributed by atoms with Crippen LogP contribution in [0.5, 0.6) is 0 Å². The molecule has 1 unspecified atom stereocenters. The summed E-state index contributed by atoms with van der Waals surface area (Å²) in [5.41, 5.74) is 0.643. The van der Waals surface area contributed by atoms with Gasteiger partial charge in [-0.1, -0.05) is 6.07 Å². The molecule has 1 amide bonds. The third kappa shape index (κ3) is 1.41. The number of carbonyl (C=O) groups excluding carboxylic acids is 1. The molecule has 1 aromatic rings. The fraction of sp³-hybridized carbons (Fsp3) is 0.400. The van der Waals surface area contributed by atoms with Crippen molar-refractivity contribution in [2.24, 2.45) is 0 Å². The Morgan fingerprint density at radius 2 is 2.62 bits per heavy atom. The molecule has 0 N–H and O–H groups in total. The molecule has 3 nitrogen and oxygen atoms in total. The number of likely N-dealkylation sites (tertiary alicyclic amines) is 1. The first kappa shape index (κ1) is 5.37. The Labute approximate surface area is 81.6 Å². The van der Waals surface area contributed by atoms with Crippen molar-refractivity contribution in [3.8, 4) is 0 Å². The number of hydrogen-bond acceptors (Lipinski definition) is 2. The van der Waals surface area contributed by atoms with E-state index in [-0.39, 0.29) is 12.3 Å². The van der Waals surface area contributed by atoms with Gasteiger partial charge < -0.3 is 4.90 Å². The second-order valence-electron chi connectivity index (χ2n) is 3.07. The van der Waals surface area contributed by atoms with Gasteiger partial charge in [0.25, 0.3) is 0 Å². The van der Waals surface area contributed by atoms with E-state index in [4.69, 9.17) is 4.11 Å². The zero-order valence-electron chi connectivity index (χ0n) is 10.1. The van der Waals surface area contributed by atoms with Crippen molar-refractivity contribution < 1.29 is 8.91 Å². The second-order valence-corrected chi connectivity index (χ2v) is 3.07. The molecular weight excluding hydrogens is 164 g/mol. The van der Waals surface area contributed by atoms with E-state index in [2.05, 4.69) is 4.98 Å². The highest BCUT2D eigenvalue weighted by Gasteiger charge is 2.29. The summed E-state index contributed by atoms with van der Waals surface area (Å²) < 4.78 is 22.0. The van der Waals surface area contributed by atoms with Gasteiger partial charge in [0, 0.05) is 23.7 Å². The van der Waals surface area contributed by atoms with E-state index in [1.54, 1.807) is 24.4 Å². The predicted octanol–water partition coefficient (Wildman–Crippen LogP) is 1.37. The first-order chi connectivity index (χ1) is 7.50. The third-order valence-corrected chi connectivity index (χ3v) is 2.24. The highest BCUT2D eigenvalue weighted by Crippen LogP contribution is 2.29. The minimum absolute atomic E-state index is 0.277. The highest BCUT2D eigenvalue weighted by atomic mass is 16.2. The molecule has 0 bridgehead atoms. The van der Waals surface area contributed by atoms with Crippen LogP contribution in [0.3, 0.4) is 0 Å². The molecule has 0 spiro atoms. The SMILES string of the molecule is [2H]C([2H])([2H])N1C(=O)CCC1c1ccccn1. The van der Waals surface area contributed by atoms with Crippen molar-refractivity contribution in [1.82, 2.24) is 9.88 Å². The maximum atomic E-state index is 11.5. The average molecular weight is 179 g/mol. The van der Waals surface area contributed by atoms with E-state index in [0.717, 1.165) is 4.90 Å². The summed E-state index contributed by atoms with van der Waals surface area (Å²) >= 11 is 0. The van der Waals surface area contributed by atoms with E-state index >= 15 is 0 Å². The molecule has 0 aromatic carbocycles. The molecule has 0 aliphatic carbocycles. The minimum atomic E-state index is -2.38. The van der Waals surface area contributed by atoms with E-state index in [1.807, 2.05) is 0 Å². The number of amides is 1. The topological polar surface area (TPSA) is 33.2 Å². The molecule has 1 atom stereocenters. The van der Waals surface area contributed by atoms with Gasteiger partial charge in [-0.2, -0.15) is 0 Å². The van der Waals surface area contributed by atoms with Crippen LogP contribution in [0, 0.1) is 0 Å². The Morgan fingerprint density at radius 1 is 1.69 bits per heavy atom. The van der Waals surface area contributed by atoms with Crippen LogP contribution < -0.4 is 0 Å². The average Bonchev–Trinajstić information content (AvgIpc) is 2.61. The Kier molecular flexibility index (Phi) is 1.31. The number of pyridine rings is 1. The lowest BCUT2D eigenvalue weighted by Crippen LogP contribution is -2.22. The fourth-order valence-electron chi connectivity index (χ4n) is 1.54. The van der Waals surface area contributed by atoms with Gasteiger partial charge >= 0.3 is 0 Å². The molecule has 1 saturated heterocycles. The normalized spacial score (nSPS) is 26.8. The molecular formula is C10H12N2O. The van der Waals surface area contributed by atoms with Crippen molar-refractivity contribution in [1.29, 1.82) is 0 Å². The van der Waals surface area contributed by atoms with Crippen molar-refractivity contribution >= 4 is 5.91 Å². The number of nitrogens with zero attached hydrogens (tertiary/aromatic N) is 2. The van der Waals surface area contributed by atoms with Gasteiger partial charge in [0.05, 0.1) is 11.7 Å². The Bertz CT molecular complexity index is 391. The maximum absolute atomic E-state index is 11.5. The molecule has 68 valence electrons. The van der Waals surface area contributed by atoms with Crippen LogP contribution in [0.4, 0.5) is 0 Å². The van der Waals surface area contributed by atoms with Gasteiger partial charge in [-0.05, 0) is 18.6 Å². The lowest BCUT2D eigenvalue weighted by atomic mass is 10.1. The van der Waals surface area contributed by atoms with Gasteiger partial charge in [-0.3, -0.25) is 9.78 Å². The van der Waals surface area contributed by atoms with Crippen molar-refractivity contribution in [2.75, 3.05) is 6.98 Å². The summed E-state index contributed by atoms with van der Waals surface area (Å²) in [7, 11) is 0. The van der Waals surface area contributed by atoms with Crippen molar-refractivity contribution in [2.45, 2.75) is 18.9 Å². The van der Waals surface area contributed by atoms with Gasteiger partial charge in [-0.15, -0.1) is 0 Å². The van der Waals surface area contributed by atoms with Gasteiger partial charge in [0.15, 0.2) is 0 Å². The van der Waals surface area contributed by atoms with E-state index in [0.29, 0.717) is 12.1 Å². The largest absolute Gasteiger partial charge is 0.337 e. The molecule has 1 aliphatic heterocycles. The fourth-order valence-corrected chi connectivity index (χ4v) is 1.54. The number of aromatic nitrogens is 1. The zero-order valence-corrected chi connectivity index (χ0v) is 7.10. The molecule has 0 saturated carbocycles. The maximum Gasteiger partial charge on any atom is 0.222 e. The van der Waals surface area contributed by atoms with Crippen LogP contribution in [0.25, 0.3) is 0 Å². The van der Waals surface area contributed by atoms with Crippen LogP contribution in [-0.4, -0.2) is 22.8 Å². The van der Waals surface area contributed by atoms with Crippen molar-refractivity contribution in [3.63, 3.8) is 0 Å². The van der Waals surface area contributed by atoms with Gasteiger partial charge in [-0.25, -0.2) is 0 Å². The van der Waals surface area contributed by atoms with Crippen LogP contribution in [0.1, 0.15) is 28.7 Å². The molecule has 2 heterocycles. The summed E-state index contributed by atoms with van der Waals surface area (Å²) in [5.74, 6) is -0.323. The second kappa shape index (κ2) is 3.17. The van der Waals surface area contributed by atoms with Crippen LogP contribution in [0.2, 0.25) is 0 Å². The number of hydrogen-bond donors (Lipinski definition) is 0. The zero-order chi connectivity index (χ0) is 11.8. The number of rotatable bonds is 1. The molecule has 1 aromatic heterocycles. The van der Waals surface area contributed by atoms with Crippen LogP contribution in [0.15, 0.2) is 24.4 Å². The Balaban J connectivity index is 2.32. The van der Waals surface area contributed by atoms with Gasteiger partial charge in [0.1, 0.15) is 0 Å². The Morgan fingerprint density at radius 3 is 3.31 bits per heavy atom. The summed E-state index contributed by atoms with van der Waals surface area (Å²) in [6, 6.07) is 4.89. The smallest absolute Gasteiger partial charge is 0.222 e. The molecule has 0 radical (unpaired) electrons. The lowest BCUT2D eigenvalue weighted by Gasteiger charge is -2.18. The van der Waals surface area contributed by atoms with Crippen LogP contribution in [-0.2, 0) is 4.79 Å². The van der Waals surface area contributed by atoms with Crippen LogP contribution >= 0.6 is 0 Å². The summed E-state index contributed by atoms with van der Waals surface area (Å²) in [6.45, 7) is -2.38. The summed E-state index contributed by atoms with van der Waals surface area (Å²) in [6.07, 6.45) is 2.41. The highest BCUT2D eigenvalue weighted by molar-refractivity contribution is 5.78. The van der Waals surface area contributed by atoms with E-state index in [1.165, 1.54) is 0 Å². The summed E-state index contributed by atoms with van der Waals surface area (Å²) in [5, 5.41) is 0. The quantitative estimate of drug-likeness (QED) is 0.652. The molecule has 2 rings (SSSR count). The van der Waals surface area contributed by atoms with E-state index < -0.39 is 13.0 Å². The standard InChI is InChI=1S/C10H12N2O/c1-12-9(5-6-10(12)13)8-4-2-3-7-11-8/h2-4,7,9H,5-6H2,1H3/i1D3. The van der Waals surface area contributed by atoms with E-state index in [9.17, 15) is 4.79 Å². The molecule has 13 heavy (non-hydrogen) atoms.